The summed E-state index contributed by atoms with van der Waals surface area (Å²) < 4.78 is 7.37. The Morgan fingerprint density at radius 3 is 2.66 bits per heavy atom. The van der Waals surface area contributed by atoms with E-state index in [-0.39, 0.29) is 12.2 Å². The van der Waals surface area contributed by atoms with Crippen LogP contribution < -0.4 is 14.9 Å². The average Bonchev–Trinajstić information content (AvgIpc) is 3.44. The Morgan fingerprint density at radius 1 is 1.20 bits per heavy atom. The van der Waals surface area contributed by atoms with E-state index in [1.165, 1.54) is 11.3 Å². The number of nitrogens with one attached hydrogen (secondary N) is 1. The summed E-state index contributed by atoms with van der Waals surface area (Å²) in [4.78, 5) is 31.8. The number of allylic oxidation sites excluding steroid dienone is 1. The molecule has 1 atom stereocenters. The number of ether oxygens (including phenoxy) is 1. The van der Waals surface area contributed by atoms with E-state index < -0.39 is 12.0 Å². The number of nitrogens with zero attached hydrogens (tertiary/aromatic N) is 3. The molecular weight excluding hydrogens is 484 g/mol. The van der Waals surface area contributed by atoms with Crippen molar-refractivity contribution in [1.29, 1.82) is 0 Å². The van der Waals surface area contributed by atoms with Crippen LogP contribution in [0.1, 0.15) is 31.0 Å². The molecule has 7 nitrogen and oxygen atoms in total. The molecule has 0 saturated carbocycles. The molecule has 5 rings (SSSR count). The van der Waals surface area contributed by atoms with Gasteiger partial charge in [-0.05, 0) is 37.6 Å². The van der Waals surface area contributed by atoms with E-state index in [2.05, 4.69) is 15.2 Å². The predicted molar refractivity (Wildman–Crippen MR) is 136 cm³/mol. The molecule has 1 N–H and O–H groups in total. The highest BCUT2D eigenvalue weighted by Crippen LogP contribution is 2.31. The molecule has 0 spiro atoms. The summed E-state index contributed by atoms with van der Waals surface area (Å²) in [6.45, 7) is 3.72. The van der Waals surface area contributed by atoms with Crippen molar-refractivity contribution >= 4 is 35.0 Å². The van der Waals surface area contributed by atoms with Crippen LogP contribution in [0.3, 0.4) is 0 Å². The molecule has 0 radical (unpaired) electrons. The number of H-pyrrole nitrogens is 1. The molecule has 1 aliphatic rings. The third-order valence-electron chi connectivity index (χ3n) is 5.72. The van der Waals surface area contributed by atoms with E-state index in [0.717, 1.165) is 22.4 Å². The molecule has 2 aromatic carbocycles. The summed E-state index contributed by atoms with van der Waals surface area (Å²) in [6.07, 6.45) is 3.49. The first kappa shape index (κ1) is 23.0. The molecule has 0 saturated heterocycles. The molecule has 2 aromatic heterocycles. The fraction of sp³-hybridized carbons (Fsp3) is 0.154. The quantitative estimate of drug-likeness (QED) is 0.418. The third kappa shape index (κ3) is 4.26. The lowest BCUT2D eigenvalue weighted by atomic mass is 9.96. The van der Waals surface area contributed by atoms with Crippen molar-refractivity contribution in [3.05, 3.63) is 108 Å². The van der Waals surface area contributed by atoms with Crippen molar-refractivity contribution in [2.75, 3.05) is 6.61 Å². The first-order valence-corrected chi connectivity index (χ1v) is 12.2. The first-order chi connectivity index (χ1) is 17.0. The Labute approximate surface area is 209 Å². The van der Waals surface area contributed by atoms with Gasteiger partial charge in [-0.15, -0.1) is 0 Å². The number of carbonyl (C=O) groups is 1. The Hall–Kier alpha value is -3.75. The summed E-state index contributed by atoms with van der Waals surface area (Å²) in [5.41, 5.74) is 3.91. The molecule has 9 heteroatoms. The Bertz CT molecular complexity index is 1620. The number of esters is 1. The average molecular weight is 505 g/mol. The largest absolute Gasteiger partial charge is 0.463 e. The maximum Gasteiger partial charge on any atom is 0.338 e. The van der Waals surface area contributed by atoms with Gasteiger partial charge in [0, 0.05) is 16.1 Å². The molecule has 176 valence electrons. The maximum absolute atomic E-state index is 13.7. The molecule has 35 heavy (non-hydrogen) atoms. The number of halogens is 1. The van der Waals surface area contributed by atoms with Gasteiger partial charge in [0.1, 0.15) is 0 Å². The van der Waals surface area contributed by atoms with Crippen LogP contribution in [-0.2, 0) is 9.53 Å². The van der Waals surface area contributed by atoms with Crippen molar-refractivity contribution in [1.82, 2.24) is 14.8 Å². The van der Waals surface area contributed by atoms with Gasteiger partial charge in [-0.1, -0.05) is 65.4 Å². The highest BCUT2D eigenvalue weighted by atomic mass is 35.5. The first-order valence-electron chi connectivity index (χ1n) is 11.0. The van der Waals surface area contributed by atoms with Crippen LogP contribution in [0.2, 0.25) is 5.02 Å². The van der Waals surface area contributed by atoms with Gasteiger partial charge in [0.2, 0.25) is 0 Å². The smallest absolute Gasteiger partial charge is 0.338 e. The molecule has 1 aliphatic heterocycles. The Kier molecular flexibility index (Phi) is 6.23. The van der Waals surface area contributed by atoms with Crippen molar-refractivity contribution in [2.45, 2.75) is 19.9 Å². The number of thiazole rings is 1. The van der Waals surface area contributed by atoms with Gasteiger partial charge in [-0.2, -0.15) is 5.10 Å². The Morgan fingerprint density at radius 2 is 1.94 bits per heavy atom. The lowest BCUT2D eigenvalue weighted by Crippen LogP contribution is -2.39. The van der Waals surface area contributed by atoms with Crippen LogP contribution in [0.25, 0.3) is 17.3 Å². The zero-order valence-electron chi connectivity index (χ0n) is 19.0. The fourth-order valence-electron chi connectivity index (χ4n) is 4.13. The van der Waals surface area contributed by atoms with Crippen molar-refractivity contribution in [2.24, 2.45) is 4.99 Å². The minimum Gasteiger partial charge on any atom is -0.463 e. The number of carbonyl (C=O) groups excluding carboxylic acids is 1. The van der Waals surface area contributed by atoms with Crippen LogP contribution in [0.5, 0.6) is 0 Å². The standard InChI is InChI=1S/C26H21ClN4O3S/c1-3-34-25(33)21-15(2)29-26-31(23(21)17-9-11-19(27)12-10-17)24(32)20(35-26)13-18-14-28-30-22(18)16-7-5-4-6-8-16/h4-14,23H,3H2,1-2H3,(H,28,30)/t23-/m1/s1. The SMILES string of the molecule is CCOC(=O)C1=C(C)N=c2sc(=Cc3cn[nH]c3-c3ccccc3)c(=O)n2[C@@H]1c1ccc(Cl)cc1. The maximum atomic E-state index is 13.7. The summed E-state index contributed by atoms with van der Waals surface area (Å²) in [7, 11) is 0. The number of rotatable bonds is 5. The van der Waals surface area contributed by atoms with E-state index in [1.54, 1.807) is 42.8 Å². The minimum absolute atomic E-state index is 0.218. The highest BCUT2D eigenvalue weighted by molar-refractivity contribution is 7.07. The van der Waals surface area contributed by atoms with Crippen molar-refractivity contribution in [3.8, 4) is 11.3 Å². The molecular formula is C26H21ClN4O3S. The van der Waals surface area contributed by atoms with Gasteiger partial charge < -0.3 is 4.74 Å². The van der Waals surface area contributed by atoms with Gasteiger partial charge in [-0.3, -0.25) is 14.5 Å². The van der Waals surface area contributed by atoms with Crippen LogP contribution in [-0.4, -0.2) is 27.3 Å². The van der Waals surface area contributed by atoms with Gasteiger partial charge in [-0.25, -0.2) is 9.79 Å². The number of benzene rings is 2. The molecule has 4 aromatic rings. The van der Waals surface area contributed by atoms with Crippen LogP contribution >= 0.6 is 22.9 Å². The van der Waals surface area contributed by atoms with Crippen molar-refractivity contribution in [3.63, 3.8) is 0 Å². The number of hydrogen-bond donors (Lipinski definition) is 1. The van der Waals surface area contributed by atoms with Gasteiger partial charge in [0.15, 0.2) is 4.80 Å². The number of hydrogen-bond acceptors (Lipinski definition) is 6. The predicted octanol–water partition coefficient (Wildman–Crippen LogP) is 3.84. The lowest BCUT2D eigenvalue weighted by Gasteiger charge is -2.24. The van der Waals surface area contributed by atoms with E-state index >= 15 is 0 Å². The summed E-state index contributed by atoms with van der Waals surface area (Å²) in [6, 6.07) is 16.2. The highest BCUT2D eigenvalue weighted by Gasteiger charge is 2.33. The Balaban J connectivity index is 1.70. The normalized spacial score (nSPS) is 15.6. The summed E-state index contributed by atoms with van der Waals surface area (Å²) in [5, 5.41) is 7.76. The molecule has 0 bridgehead atoms. The number of aromatic amines is 1. The summed E-state index contributed by atoms with van der Waals surface area (Å²) in [5.74, 6) is -0.496. The van der Waals surface area contributed by atoms with E-state index in [9.17, 15) is 9.59 Å². The van der Waals surface area contributed by atoms with Gasteiger partial charge in [0.25, 0.3) is 5.56 Å². The zero-order chi connectivity index (χ0) is 24.5. The summed E-state index contributed by atoms with van der Waals surface area (Å²) >= 11 is 7.38. The van der Waals surface area contributed by atoms with Crippen LogP contribution in [0.4, 0.5) is 0 Å². The van der Waals surface area contributed by atoms with Gasteiger partial charge in [0.05, 0.1) is 40.3 Å². The van der Waals surface area contributed by atoms with E-state index in [4.69, 9.17) is 16.3 Å². The van der Waals surface area contributed by atoms with Crippen molar-refractivity contribution < 1.29 is 9.53 Å². The second kappa shape index (κ2) is 9.48. The van der Waals surface area contributed by atoms with Crippen LogP contribution in [0.15, 0.2) is 81.9 Å². The molecule has 0 amide bonds. The fourth-order valence-corrected chi connectivity index (χ4v) is 5.30. The zero-order valence-corrected chi connectivity index (χ0v) is 20.6. The lowest BCUT2D eigenvalue weighted by molar-refractivity contribution is -0.139. The third-order valence-corrected chi connectivity index (χ3v) is 6.96. The van der Waals surface area contributed by atoms with E-state index in [0.29, 0.717) is 25.6 Å². The number of aromatic nitrogens is 3. The van der Waals surface area contributed by atoms with Crippen LogP contribution in [0, 0.1) is 0 Å². The minimum atomic E-state index is -0.678. The monoisotopic (exact) mass is 504 g/mol. The second-order valence-electron chi connectivity index (χ2n) is 7.92. The second-order valence-corrected chi connectivity index (χ2v) is 9.37. The van der Waals surface area contributed by atoms with E-state index in [1.807, 2.05) is 42.5 Å². The molecule has 0 unspecified atom stereocenters. The number of fused-ring (bicyclic) bond motifs is 1. The molecule has 0 aliphatic carbocycles. The molecule has 0 fully saturated rings. The topological polar surface area (TPSA) is 89.3 Å². The molecule has 3 heterocycles. The van der Waals surface area contributed by atoms with Gasteiger partial charge >= 0.3 is 5.97 Å².